The molecule has 0 saturated heterocycles. The minimum atomic E-state index is 0. The van der Waals surface area contributed by atoms with Crippen LogP contribution in [0.25, 0.3) is 0 Å². The van der Waals surface area contributed by atoms with Crippen molar-refractivity contribution in [2.45, 2.75) is 51.5 Å². The van der Waals surface area contributed by atoms with E-state index in [9.17, 15) is 0 Å². The second-order valence-electron chi connectivity index (χ2n) is 5.84. The predicted molar refractivity (Wildman–Crippen MR) is 108 cm³/mol. The smallest absolute Gasteiger partial charge is 0.191 e. The zero-order valence-corrected chi connectivity index (χ0v) is 16.6. The molecule has 0 radical (unpaired) electrons. The lowest BCUT2D eigenvalue weighted by Crippen LogP contribution is -2.44. The fraction of sp³-hybridized carbons (Fsp3) is 0.611. The van der Waals surface area contributed by atoms with Gasteiger partial charge in [0.1, 0.15) is 5.75 Å². The molecular weight excluding hydrogens is 401 g/mol. The zero-order valence-electron chi connectivity index (χ0n) is 14.3. The van der Waals surface area contributed by atoms with Gasteiger partial charge in [-0.2, -0.15) is 0 Å². The van der Waals surface area contributed by atoms with Crippen LogP contribution in [0.1, 0.15) is 44.6 Å². The van der Waals surface area contributed by atoms with E-state index in [-0.39, 0.29) is 24.0 Å². The molecule has 1 aromatic carbocycles. The van der Waals surface area contributed by atoms with E-state index in [1.54, 1.807) is 7.11 Å². The first kappa shape index (κ1) is 20.1. The van der Waals surface area contributed by atoms with Crippen molar-refractivity contribution in [1.82, 2.24) is 10.6 Å². The molecule has 0 amide bonds. The van der Waals surface area contributed by atoms with Gasteiger partial charge in [-0.3, -0.25) is 4.99 Å². The zero-order chi connectivity index (χ0) is 15.6. The summed E-state index contributed by atoms with van der Waals surface area (Å²) in [5.74, 6) is 1.87. The Hall–Kier alpha value is -0.980. The number of rotatable bonds is 6. The fourth-order valence-corrected chi connectivity index (χ4v) is 2.89. The molecule has 0 atom stereocenters. The number of benzene rings is 1. The van der Waals surface area contributed by atoms with Gasteiger partial charge in [0.2, 0.25) is 0 Å². The number of nitrogens with one attached hydrogen (secondary N) is 2. The van der Waals surface area contributed by atoms with Crippen LogP contribution in [0.3, 0.4) is 0 Å². The van der Waals surface area contributed by atoms with Crippen molar-refractivity contribution in [3.63, 3.8) is 0 Å². The molecule has 2 N–H and O–H groups in total. The van der Waals surface area contributed by atoms with Crippen LogP contribution >= 0.6 is 24.0 Å². The van der Waals surface area contributed by atoms with E-state index in [0.29, 0.717) is 6.04 Å². The third kappa shape index (κ3) is 7.42. The molecule has 1 saturated carbocycles. The van der Waals surface area contributed by atoms with Crippen LogP contribution in [-0.2, 0) is 6.42 Å². The van der Waals surface area contributed by atoms with Crippen molar-refractivity contribution in [2.24, 2.45) is 4.99 Å². The summed E-state index contributed by atoms with van der Waals surface area (Å²) in [6.45, 7) is 3.80. The molecule has 1 aliphatic carbocycles. The maximum atomic E-state index is 5.26. The summed E-state index contributed by atoms with van der Waals surface area (Å²) in [4.78, 5) is 4.71. The van der Waals surface area contributed by atoms with E-state index >= 15 is 0 Å². The van der Waals surface area contributed by atoms with Crippen molar-refractivity contribution in [1.29, 1.82) is 0 Å². The molecule has 1 aliphatic rings. The van der Waals surface area contributed by atoms with Crippen LogP contribution in [0.15, 0.2) is 29.3 Å². The SMILES string of the molecule is CCNC(=NCCc1cccc(OC)c1)NC1CCCCC1.I. The molecular formula is C18H30IN3O. The summed E-state index contributed by atoms with van der Waals surface area (Å²) in [5, 5.41) is 6.93. The molecule has 130 valence electrons. The van der Waals surface area contributed by atoms with Gasteiger partial charge < -0.3 is 15.4 Å². The van der Waals surface area contributed by atoms with Gasteiger partial charge >= 0.3 is 0 Å². The normalized spacial score (nSPS) is 15.7. The highest BCUT2D eigenvalue weighted by Crippen LogP contribution is 2.17. The van der Waals surface area contributed by atoms with Gasteiger partial charge in [-0.1, -0.05) is 31.4 Å². The maximum Gasteiger partial charge on any atom is 0.191 e. The van der Waals surface area contributed by atoms with Crippen LogP contribution in [0, 0.1) is 0 Å². The van der Waals surface area contributed by atoms with E-state index in [1.807, 2.05) is 12.1 Å². The molecule has 0 unspecified atom stereocenters. The Balaban J connectivity index is 0.00000264. The van der Waals surface area contributed by atoms with E-state index in [0.717, 1.165) is 31.2 Å². The van der Waals surface area contributed by atoms with E-state index in [1.165, 1.54) is 37.7 Å². The number of hydrogen-bond donors (Lipinski definition) is 2. The number of halogens is 1. The lowest BCUT2D eigenvalue weighted by atomic mass is 9.96. The van der Waals surface area contributed by atoms with Crippen LogP contribution in [0.2, 0.25) is 0 Å². The highest BCUT2D eigenvalue weighted by molar-refractivity contribution is 14.0. The second-order valence-corrected chi connectivity index (χ2v) is 5.84. The van der Waals surface area contributed by atoms with Crippen LogP contribution < -0.4 is 15.4 Å². The molecule has 0 aromatic heterocycles. The Bertz CT molecular complexity index is 473. The Morgan fingerprint density at radius 2 is 2.04 bits per heavy atom. The lowest BCUT2D eigenvalue weighted by molar-refractivity contribution is 0.410. The average molecular weight is 431 g/mol. The van der Waals surface area contributed by atoms with Gasteiger partial charge in [0.25, 0.3) is 0 Å². The minimum absolute atomic E-state index is 0. The van der Waals surface area contributed by atoms with Gasteiger partial charge in [-0.05, 0) is 43.9 Å². The molecule has 0 spiro atoms. The maximum absolute atomic E-state index is 5.26. The summed E-state index contributed by atoms with van der Waals surface area (Å²) in [6.07, 6.45) is 7.50. The summed E-state index contributed by atoms with van der Waals surface area (Å²) in [7, 11) is 1.70. The number of methoxy groups -OCH3 is 1. The molecule has 0 heterocycles. The Morgan fingerprint density at radius 1 is 1.26 bits per heavy atom. The van der Waals surface area contributed by atoms with Crippen molar-refractivity contribution < 1.29 is 4.74 Å². The number of guanidine groups is 1. The third-order valence-corrected chi connectivity index (χ3v) is 4.09. The first-order valence-electron chi connectivity index (χ1n) is 8.49. The Morgan fingerprint density at radius 3 is 2.74 bits per heavy atom. The Kier molecular flexibility index (Phi) is 10.1. The van der Waals surface area contributed by atoms with Crippen molar-refractivity contribution in [2.75, 3.05) is 20.2 Å². The van der Waals surface area contributed by atoms with E-state index in [2.05, 4.69) is 29.7 Å². The molecule has 4 nitrogen and oxygen atoms in total. The largest absolute Gasteiger partial charge is 0.497 e. The molecule has 0 aliphatic heterocycles. The molecule has 2 rings (SSSR count). The third-order valence-electron chi connectivity index (χ3n) is 4.09. The van der Waals surface area contributed by atoms with Crippen LogP contribution in [0.4, 0.5) is 0 Å². The summed E-state index contributed by atoms with van der Waals surface area (Å²) >= 11 is 0. The van der Waals surface area contributed by atoms with Gasteiger partial charge in [0.05, 0.1) is 7.11 Å². The first-order valence-corrected chi connectivity index (χ1v) is 8.49. The highest BCUT2D eigenvalue weighted by Gasteiger charge is 2.14. The van der Waals surface area contributed by atoms with Crippen LogP contribution in [-0.4, -0.2) is 32.2 Å². The van der Waals surface area contributed by atoms with E-state index < -0.39 is 0 Å². The molecule has 1 aromatic rings. The Labute approximate surface area is 157 Å². The minimum Gasteiger partial charge on any atom is -0.497 e. The quantitative estimate of drug-likeness (QED) is 0.410. The highest BCUT2D eigenvalue weighted by atomic mass is 127. The van der Waals surface area contributed by atoms with Gasteiger partial charge in [-0.25, -0.2) is 0 Å². The lowest BCUT2D eigenvalue weighted by Gasteiger charge is -2.24. The van der Waals surface area contributed by atoms with Gasteiger partial charge in [0.15, 0.2) is 5.96 Å². The molecule has 1 fully saturated rings. The van der Waals surface area contributed by atoms with Crippen molar-refractivity contribution in [3.05, 3.63) is 29.8 Å². The first-order chi connectivity index (χ1) is 10.8. The van der Waals surface area contributed by atoms with Gasteiger partial charge in [-0.15, -0.1) is 24.0 Å². The van der Waals surface area contributed by atoms with Crippen molar-refractivity contribution >= 4 is 29.9 Å². The summed E-state index contributed by atoms with van der Waals surface area (Å²) in [6, 6.07) is 8.80. The molecule has 0 bridgehead atoms. The second kappa shape index (κ2) is 11.5. The number of ether oxygens (including phenoxy) is 1. The van der Waals surface area contributed by atoms with E-state index in [4.69, 9.17) is 9.73 Å². The topological polar surface area (TPSA) is 45.7 Å². The van der Waals surface area contributed by atoms with Crippen LogP contribution in [0.5, 0.6) is 5.75 Å². The number of hydrogen-bond acceptors (Lipinski definition) is 2. The van der Waals surface area contributed by atoms with Crippen molar-refractivity contribution in [3.8, 4) is 5.75 Å². The molecule has 5 heteroatoms. The monoisotopic (exact) mass is 431 g/mol. The summed E-state index contributed by atoms with van der Waals surface area (Å²) in [5.41, 5.74) is 1.26. The standard InChI is InChI=1S/C18H29N3O.HI/c1-3-19-18(21-16-9-5-4-6-10-16)20-13-12-15-8-7-11-17(14-15)22-2;/h7-8,11,14,16H,3-6,9-10,12-13H2,1-2H3,(H2,19,20,21);1H. The molecule has 23 heavy (non-hydrogen) atoms. The number of nitrogens with zero attached hydrogens (tertiary/aromatic N) is 1. The predicted octanol–water partition coefficient (Wildman–Crippen LogP) is 3.74. The average Bonchev–Trinajstić information content (AvgIpc) is 2.56. The van der Waals surface area contributed by atoms with Gasteiger partial charge in [0, 0.05) is 19.1 Å². The number of aliphatic imine (C=N–C) groups is 1. The summed E-state index contributed by atoms with van der Waals surface area (Å²) < 4.78 is 5.26. The fourth-order valence-electron chi connectivity index (χ4n) is 2.89.